The lowest BCUT2D eigenvalue weighted by Crippen LogP contribution is -2.21. The van der Waals surface area contributed by atoms with Crippen LogP contribution in [-0.4, -0.2) is 26.9 Å². The minimum absolute atomic E-state index is 0.0846. The van der Waals surface area contributed by atoms with Gasteiger partial charge >= 0.3 is 0 Å². The summed E-state index contributed by atoms with van der Waals surface area (Å²) < 4.78 is 1.89. The second kappa shape index (κ2) is 4.65. The Labute approximate surface area is 94.5 Å². The fourth-order valence-corrected chi connectivity index (χ4v) is 2.13. The van der Waals surface area contributed by atoms with Crippen LogP contribution in [0.1, 0.15) is 38.6 Å². The zero-order valence-corrected chi connectivity index (χ0v) is 9.39. The Bertz CT molecular complexity index is 367. The average Bonchev–Trinajstić information content (AvgIpc) is 2.66. The van der Waals surface area contributed by atoms with Crippen LogP contribution in [0.15, 0.2) is 12.4 Å². The molecule has 0 saturated heterocycles. The molecule has 5 heteroatoms. The second-order valence-corrected chi connectivity index (χ2v) is 4.35. The van der Waals surface area contributed by atoms with E-state index in [-0.39, 0.29) is 12.0 Å². The van der Waals surface area contributed by atoms with Gasteiger partial charge in [0.25, 0.3) is 0 Å². The number of hydrogen-bond donors (Lipinski definition) is 2. The SMILES string of the molecule is CC(=O)Nc1cnn(C2CCC(O)CC2)c1. The molecular weight excluding hydrogens is 206 g/mol. The first-order chi connectivity index (χ1) is 7.65. The first-order valence-electron chi connectivity index (χ1n) is 5.65. The van der Waals surface area contributed by atoms with Gasteiger partial charge in [-0.1, -0.05) is 0 Å². The molecule has 1 heterocycles. The van der Waals surface area contributed by atoms with Crippen molar-refractivity contribution in [3.8, 4) is 0 Å². The Morgan fingerprint density at radius 2 is 2.19 bits per heavy atom. The zero-order chi connectivity index (χ0) is 11.5. The predicted octanol–water partition coefficient (Wildman–Crippen LogP) is 1.32. The Hall–Kier alpha value is -1.36. The van der Waals surface area contributed by atoms with Crippen molar-refractivity contribution in [2.45, 2.75) is 44.8 Å². The molecule has 0 unspecified atom stereocenters. The minimum atomic E-state index is -0.151. The molecule has 1 aliphatic carbocycles. The summed E-state index contributed by atoms with van der Waals surface area (Å²) in [6.45, 7) is 1.48. The van der Waals surface area contributed by atoms with Crippen LogP contribution in [0.4, 0.5) is 5.69 Å². The van der Waals surface area contributed by atoms with Crippen molar-refractivity contribution in [3.05, 3.63) is 12.4 Å². The van der Waals surface area contributed by atoms with Crippen LogP contribution in [0.2, 0.25) is 0 Å². The Balaban J connectivity index is 1.99. The summed E-state index contributed by atoms with van der Waals surface area (Å²) in [7, 11) is 0. The molecule has 0 bridgehead atoms. The van der Waals surface area contributed by atoms with Crippen LogP contribution >= 0.6 is 0 Å². The van der Waals surface area contributed by atoms with Gasteiger partial charge in [0.1, 0.15) is 0 Å². The van der Waals surface area contributed by atoms with Crippen LogP contribution in [0.3, 0.4) is 0 Å². The van der Waals surface area contributed by atoms with Gasteiger partial charge in [0.2, 0.25) is 5.91 Å². The van der Waals surface area contributed by atoms with Crippen molar-refractivity contribution in [2.75, 3.05) is 5.32 Å². The normalized spacial score (nSPS) is 25.4. The van der Waals surface area contributed by atoms with Gasteiger partial charge < -0.3 is 10.4 Å². The second-order valence-electron chi connectivity index (χ2n) is 4.35. The molecule has 0 atom stereocenters. The fourth-order valence-electron chi connectivity index (χ4n) is 2.13. The Morgan fingerprint density at radius 1 is 1.50 bits per heavy atom. The number of rotatable bonds is 2. The van der Waals surface area contributed by atoms with Gasteiger partial charge in [-0.2, -0.15) is 5.10 Å². The Kier molecular flexibility index (Phi) is 3.24. The van der Waals surface area contributed by atoms with E-state index >= 15 is 0 Å². The van der Waals surface area contributed by atoms with Crippen molar-refractivity contribution in [1.82, 2.24) is 9.78 Å². The molecule has 16 heavy (non-hydrogen) atoms. The maximum atomic E-state index is 10.9. The molecule has 2 rings (SSSR count). The highest BCUT2D eigenvalue weighted by Crippen LogP contribution is 2.28. The van der Waals surface area contributed by atoms with Gasteiger partial charge in [0.15, 0.2) is 0 Å². The molecule has 5 nitrogen and oxygen atoms in total. The number of aliphatic hydroxyl groups is 1. The monoisotopic (exact) mass is 223 g/mol. The van der Waals surface area contributed by atoms with Gasteiger partial charge in [-0.15, -0.1) is 0 Å². The molecule has 0 aromatic carbocycles. The van der Waals surface area contributed by atoms with Gasteiger partial charge in [0.05, 0.1) is 24.0 Å². The topological polar surface area (TPSA) is 67.2 Å². The van der Waals surface area contributed by atoms with Crippen molar-refractivity contribution >= 4 is 11.6 Å². The van der Waals surface area contributed by atoms with Crippen LogP contribution < -0.4 is 5.32 Å². The summed E-state index contributed by atoms with van der Waals surface area (Å²) in [6, 6.07) is 0.353. The summed E-state index contributed by atoms with van der Waals surface area (Å²) in [6.07, 6.45) is 6.92. The third-order valence-electron chi connectivity index (χ3n) is 2.96. The van der Waals surface area contributed by atoms with E-state index < -0.39 is 0 Å². The first-order valence-corrected chi connectivity index (χ1v) is 5.65. The highest BCUT2D eigenvalue weighted by atomic mass is 16.3. The maximum Gasteiger partial charge on any atom is 0.221 e. The van der Waals surface area contributed by atoms with Crippen LogP contribution in [0.5, 0.6) is 0 Å². The molecule has 0 spiro atoms. The molecular formula is C11H17N3O2. The van der Waals surface area contributed by atoms with E-state index in [1.807, 2.05) is 10.9 Å². The summed E-state index contributed by atoms with van der Waals surface area (Å²) >= 11 is 0. The van der Waals surface area contributed by atoms with E-state index in [2.05, 4.69) is 10.4 Å². The van der Waals surface area contributed by atoms with Crippen LogP contribution in [0, 0.1) is 0 Å². The third kappa shape index (κ3) is 2.61. The average molecular weight is 223 g/mol. The van der Waals surface area contributed by atoms with Crippen molar-refractivity contribution in [1.29, 1.82) is 0 Å². The van der Waals surface area contributed by atoms with Gasteiger partial charge in [-0.3, -0.25) is 9.48 Å². The lowest BCUT2D eigenvalue weighted by atomic mass is 9.93. The molecule has 0 aliphatic heterocycles. The number of nitrogens with one attached hydrogen (secondary N) is 1. The third-order valence-corrected chi connectivity index (χ3v) is 2.96. The van der Waals surface area contributed by atoms with Crippen molar-refractivity contribution in [2.24, 2.45) is 0 Å². The van der Waals surface area contributed by atoms with Gasteiger partial charge in [-0.25, -0.2) is 0 Å². The number of carbonyl (C=O) groups excluding carboxylic acids is 1. The lowest BCUT2D eigenvalue weighted by molar-refractivity contribution is -0.114. The summed E-state index contributed by atoms with van der Waals surface area (Å²) in [5, 5.41) is 16.4. The number of aromatic nitrogens is 2. The largest absolute Gasteiger partial charge is 0.393 e. The van der Waals surface area contributed by atoms with Crippen molar-refractivity contribution in [3.63, 3.8) is 0 Å². The summed E-state index contributed by atoms with van der Waals surface area (Å²) in [4.78, 5) is 10.9. The summed E-state index contributed by atoms with van der Waals surface area (Å²) in [5.74, 6) is -0.0846. The van der Waals surface area contributed by atoms with E-state index in [1.165, 1.54) is 6.92 Å². The minimum Gasteiger partial charge on any atom is -0.393 e. The number of nitrogens with zero attached hydrogens (tertiary/aromatic N) is 2. The predicted molar refractivity (Wildman–Crippen MR) is 60.0 cm³/mol. The molecule has 0 radical (unpaired) electrons. The quantitative estimate of drug-likeness (QED) is 0.794. The van der Waals surface area contributed by atoms with Gasteiger partial charge in [-0.05, 0) is 25.7 Å². The molecule has 2 N–H and O–H groups in total. The number of carbonyl (C=O) groups is 1. The molecule has 1 aliphatic rings. The summed E-state index contributed by atoms with van der Waals surface area (Å²) in [5.41, 5.74) is 0.735. The number of amides is 1. The zero-order valence-electron chi connectivity index (χ0n) is 9.39. The maximum absolute atomic E-state index is 10.9. The van der Waals surface area contributed by atoms with E-state index in [4.69, 9.17) is 0 Å². The standard InChI is InChI=1S/C11H17N3O2/c1-8(15)13-9-6-12-14(7-9)10-2-4-11(16)5-3-10/h6-7,10-11,16H,2-5H2,1H3,(H,13,15). The smallest absolute Gasteiger partial charge is 0.221 e. The molecule has 1 aromatic heterocycles. The number of aliphatic hydroxyl groups excluding tert-OH is 1. The fraction of sp³-hybridized carbons (Fsp3) is 0.636. The van der Waals surface area contributed by atoms with Gasteiger partial charge in [0, 0.05) is 13.1 Å². The lowest BCUT2D eigenvalue weighted by Gasteiger charge is -2.25. The molecule has 88 valence electrons. The van der Waals surface area contributed by atoms with E-state index in [9.17, 15) is 9.90 Å². The highest BCUT2D eigenvalue weighted by molar-refractivity contribution is 5.88. The van der Waals surface area contributed by atoms with Crippen LogP contribution in [-0.2, 0) is 4.79 Å². The van der Waals surface area contributed by atoms with Crippen LogP contribution in [0.25, 0.3) is 0 Å². The van der Waals surface area contributed by atoms with E-state index in [0.29, 0.717) is 6.04 Å². The van der Waals surface area contributed by atoms with E-state index in [0.717, 1.165) is 31.4 Å². The number of hydrogen-bond acceptors (Lipinski definition) is 3. The van der Waals surface area contributed by atoms with E-state index in [1.54, 1.807) is 6.20 Å². The van der Waals surface area contributed by atoms with Crippen molar-refractivity contribution < 1.29 is 9.90 Å². The molecule has 1 amide bonds. The molecule has 1 fully saturated rings. The Morgan fingerprint density at radius 3 is 2.81 bits per heavy atom. The highest BCUT2D eigenvalue weighted by Gasteiger charge is 2.21. The molecule has 1 aromatic rings. The first kappa shape index (κ1) is 11.1. The number of anilines is 1. The molecule has 1 saturated carbocycles.